The Balaban J connectivity index is 1.72. The highest BCUT2D eigenvalue weighted by Crippen LogP contribution is 2.38. The summed E-state index contributed by atoms with van der Waals surface area (Å²) in [5.74, 6) is 1.33. The van der Waals surface area contributed by atoms with Crippen molar-refractivity contribution in [3.05, 3.63) is 80.0 Å². The van der Waals surface area contributed by atoms with Crippen LogP contribution in [0.3, 0.4) is 0 Å². The Labute approximate surface area is 193 Å². The van der Waals surface area contributed by atoms with E-state index in [1.165, 1.54) is 12.1 Å². The zero-order valence-electron chi connectivity index (χ0n) is 16.3. The van der Waals surface area contributed by atoms with Gasteiger partial charge in [-0.25, -0.2) is 4.39 Å². The van der Waals surface area contributed by atoms with E-state index in [2.05, 4.69) is 21.2 Å². The second kappa shape index (κ2) is 10.2. The lowest BCUT2D eigenvalue weighted by Crippen LogP contribution is -2.03. The van der Waals surface area contributed by atoms with Gasteiger partial charge in [0.15, 0.2) is 11.5 Å². The van der Waals surface area contributed by atoms with Gasteiger partial charge in [0.1, 0.15) is 18.2 Å². The van der Waals surface area contributed by atoms with Crippen LogP contribution < -0.4 is 19.5 Å². The van der Waals surface area contributed by atoms with E-state index in [1.807, 2.05) is 18.2 Å². The zero-order valence-corrected chi connectivity index (χ0v) is 19.4. The van der Waals surface area contributed by atoms with Gasteiger partial charge in [0, 0.05) is 17.8 Å². The van der Waals surface area contributed by atoms with Gasteiger partial charge in [-0.3, -0.25) is 0 Å². The fourth-order valence-corrected chi connectivity index (χ4v) is 3.87. The van der Waals surface area contributed by atoms with Crippen LogP contribution in [0.15, 0.2) is 53.0 Å². The first kappa shape index (κ1) is 22.5. The normalized spacial score (nSPS) is 10.6. The van der Waals surface area contributed by atoms with Crippen molar-refractivity contribution in [2.45, 2.75) is 13.2 Å². The van der Waals surface area contributed by atoms with Gasteiger partial charge >= 0.3 is 0 Å². The van der Waals surface area contributed by atoms with Gasteiger partial charge in [-0.2, -0.15) is 0 Å². The molecule has 158 valence electrons. The minimum Gasteiger partial charge on any atom is -0.495 e. The molecule has 3 aromatic carbocycles. The van der Waals surface area contributed by atoms with E-state index in [9.17, 15) is 4.39 Å². The highest BCUT2D eigenvalue weighted by molar-refractivity contribution is 9.10. The fraction of sp³-hybridized carbons (Fsp3) is 0.182. The highest BCUT2D eigenvalue weighted by atomic mass is 79.9. The van der Waals surface area contributed by atoms with E-state index >= 15 is 0 Å². The largest absolute Gasteiger partial charge is 0.495 e. The first-order valence-electron chi connectivity index (χ1n) is 8.91. The molecule has 0 bridgehead atoms. The second-order valence-electron chi connectivity index (χ2n) is 6.34. The van der Waals surface area contributed by atoms with E-state index in [0.717, 1.165) is 15.7 Å². The lowest BCUT2D eigenvalue weighted by atomic mass is 10.2. The van der Waals surface area contributed by atoms with Crippen LogP contribution in [-0.2, 0) is 13.2 Å². The maximum absolute atomic E-state index is 13.2. The molecule has 0 spiro atoms. The van der Waals surface area contributed by atoms with Gasteiger partial charge in [-0.05, 0) is 64.0 Å². The van der Waals surface area contributed by atoms with Crippen LogP contribution in [0.25, 0.3) is 0 Å². The first-order valence-corrected chi connectivity index (χ1v) is 10.5. The topological polar surface area (TPSA) is 39.7 Å². The molecular formula is C22H19BrCl2FNO3. The van der Waals surface area contributed by atoms with Crippen LogP contribution in [0, 0.1) is 5.82 Å². The van der Waals surface area contributed by atoms with Crippen LogP contribution >= 0.6 is 39.1 Å². The maximum atomic E-state index is 13.2. The van der Waals surface area contributed by atoms with E-state index < -0.39 is 5.82 Å². The summed E-state index contributed by atoms with van der Waals surface area (Å²) in [4.78, 5) is 0. The molecule has 0 aliphatic rings. The summed E-state index contributed by atoms with van der Waals surface area (Å²) in [7, 11) is 3.14. The first-order chi connectivity index (χ1) is 14.4. The number of halogens is 4. The van der Waals surface area contributed by atoms with Crippen LogP contribution in [0.5, 0.6) is 17.2 Å². The lowest BCUT2D eigenvalue weighted by molar-refractivity contribution is 0.282. The van der Waals surface area contributed by atoms with Crippen molar-refractivity contribution in [1.29, 1.82) is 0 Å². The van der Waals surface area contributed by atoms with Crippen molar-refractivity contribution < 1.29 is 18.6 Å². The molecule has 0 radical (unpaired) electrons. The third kappa shape index (κ3) is 5.50. The van der Waals surface area contributed by atoms with Crippen molar-refractivity contribution >= 4 is 44.8 Å². The molecular weight excluding hydrogens is 496 g/mol. The summed E-state index contributed by atoms with van der Waals surface area (Å²) in [5, 5.41) is 4.15. The van der Waals surface area contributed by atoms with Gasteiger partial charge in [0.2, 0.25) is 0 Å². The van der Waals surface area contributed by atoms with Crippen LogP contribution in [0.2, 0.25) is 10.0 Å². The molecule has 0 fully saturated rings. The molecule has 0 aromatic heterocycles. The SMILES string of the molecule is COc1ccc(NCc2cc(Br)c(OCc3ccc(F)cc3Cl)c(OC)c2)cc1Cl. The molecule has 0 amide bonds. The molecule has 4 nitrogen and oxygen atoms in total. The average Bonchev–Trinajstić information content (AvgIpc) is 2.72. The number of ether oxygens (including phenoxy) is 3. The quantitative estimate of drug-likeness (QED) is 0.348. The Kier molecular flexibility index (Phi) is 7.69. The number of hydrogen-bond acceptors (Lipinski definition) is 4. The fourth-order valence-electron chi connectivity index (χ4n) is 2.78. The Morgan fingerprint density at radius 3 is 2.37 bits per heavy atom. The van der Waals surface area contributed by atoms with Gasteiger partial charge in [0.25, 0.3) is 0 Å². The molecule has 0 unspecified atom stereocenters. The van der Waals surface area contributed by atoms with Crippen LogP contribution in [0.1, 0.15) is 11.1 Å². The van der Waals surface area contributed by atoms with E-state index in [4.69, 9.17) is 37.4 Å². The standard InChI is InChI=1S/C22H19BrCl2FNO3/c1-28-20-6-5-16(10-19(20)25)27-11-13-7-17(23)22(21(8-13)29-2)30-12-14-3-4-15(26)9-18(14)24/h3-10,27H,11-12H2,1-2H3. The minimum absolute atomic E-state index is 0.177. The molecule has 0 heterocycles. The van der Waals surface area contributed by atoms with Crippen molar-refractivity contribution in [2.75, 3.05) is 19.5 Å². The van der Waals surface area contributed by atoms with Gasteiger partial charge in [0.05, 0.1) is 28.7 Å². The van der Waals surface area contributed by atoms with Gasteiger partial charge in [-0.15, -0.1) is 0 Å². The number of rotatable bonds is 8. The van der Waals surface area contributed by atoms with Gasteiger partial charge < -0.3 is 19.5 Å². The summed E-state index contributed by atoms with van der Waals surface area (Å²) >= 11 is 15.8. The molecule has 0 saturated carbocycles. The molecule has 0 aliphatic carbocycles. The molecule has 0 atom stereocenters. The third-order valence-electron chi connectivity index (χ3n) is 4.32. The molecule has 0 aliphatic heterocycles. The van der Waals surface area contributed by atoms with E-state index in [0.29, 0.717) is 39.4 Å². The number of methoxy groups -OCH3 is 2. The summed E-state index contributed by atoms with van der Waals surface area (Å²) < 4.78 is 30.5. The van der Waals surface area contributed by atoms with Crippen LogP contribution in [-0.4, -0.2) is 14.2 Å². The van der Waals surface area contributed by atoms with E-state index in [1.54, 1.807) is 32.4 Å². The summed E-state index contributed by atoms with van der Waals surface area (Å²) in [6.07, 6.45) is 0. The average molecular weight is 515 g/mol. The maximum Gasteiger partial charge on any atom is 0.175 e. The molecule has 1 N–H and O–H groups in total. The van der Waals surface area contributed by atoms with Crippen molar-refractivity contribution in [1.82, 2.24) is 0 Å². The minimum atomic E-state index is -0.391. The summed E-state index contributed by atoms with van der Waals surface area (Å²) in [6, 6.07) is 13.5. The molecule has 3 rings (SSSR count). The van der Waals surface area contributed by atoms with Gasteiger partial charge in [-0.1, -0.05) is 29.3 Å². The number of anilines is 1. The van der Waals surface area contributed by atoms with Crippen molar-refractivity contribution in [3.63, 3.8) is 0 Å². The Morgan fingerprint density at radius 1 is 0.933 bits per heavy atom. The number of nitrogens with one attached hydrogen (secondary N) is 1. The summed E-state index contributed by atoms with van der Waals surface area (Å²) in [5.41, 5.74) is 2.51. The Morgan fingerprint density at radius 2 is 1.70 bits per heavy atom. The molecule has 3 aromatic rings. The summed E-state index contributed by atoms with van der Waals surface area (Å²) in [6.45, 7) is 0.720. The predicted molar refractivity (Wildman–Crippen MR) is 122 cm³/mol. The van der Waals surface area contributed by atoms with Crippen molar-refractivity contribution in [2.24, 2.45) is 0 Å². The van der Waals surface area contributed by atoms with Crippen molar-refractivity contribution in [3.8, 4) is 17.2 Å². The molecule has 0 saturated heterocycles. The van der Waals surface area contributed by atoms with Crippen LogP contribution in [0.4, 0.5) is 10.1 Å². The number of hydrogen-bond donors (Lipinski definition) is 1. The molecule has 30 heavy (non-hydrogen) atoms. The monoisotopic (exact) mass is 513 g/mol. The Hall–Kier alpha value is -2.15. The lowest BCUT2D eigenvalue weighted by Gasteiger charge is -2.16. The predicted octanol–water partition coefficient (Wildman–Crippen LogP) is 7.10. The Bertz CT molecular complexity index is 1050. The van der Waals surface area contributed by atoms with E-state index in [-0.39, 0.29) is 6.61 Å². The highest BCUT2D eigenvalue weighted by Gasteiger charge is 2.13. The third-order valence-corrected chi connectivity index (χ3v) is 5.56. The molecule has 8 heteroatoms. The zero-order chi connectivity index (χ0) is 21.7. The smallest absolute Gasteiger partial charge is 0.175 e. The second-order valence-corrected chi connectivity index (χ2v) is 8.01. The number of benzene rings is 3.